The van der Waals surface area contributed by atoms with Crippen LogP contribution in [0.1, 0.15) is 130 Å². The molecule has 0 aliphatic carbocycles. The second-order valence-electron chi connectivity index (χ2n) is 11.5. The van der Waals surface area contributed by atoms with Gasteiger partial charge in [-0.05, 0) is 55.0 Å². The Bertz CT molecular complexity index is 940. The Morgan fingerprint density at radius 3 is 1.20 bits per heavy atom. The highest BCUT2D eigenvalue weighted by Crippen LogP contribution is 2.17. The van der Waals surface area contributed by atoms with Crippen molar-refractivity contribution in [2.45, 2.75) is 116 Å². The van der Waals surface area contributed by atoms with Crippen LogP contribution in [-0.2, 0) is 14.2 Å². The minimum absolute atomic E-state index is 0.285. The van der Waals surface area contributed by atoms with Crippen LogP contribution in [0.4, 0.5) is 0 Å². The molecular formula is C37H56O7. The van der Waals surface area contributed by atoms with Crippen LogP contribution in [0.3, 0.4) is 0 Å². The molecule has 7 nitrogen and oxygen atoms in total. The molecule has 0 heterocycles. The number of hydrogen-bond donors (Lipinski definition) is 0. The maximum Gasteiger partial charge on any atom is 0.337 e. The molecule has 0 radical (unpaired) electrons. The minimum atomic E-state index is -0.386. The van der Waals surface area contributed by atoms with Crippen LogP contribution in [0.5, 0.6) is 11.5 Å². The summed E-state index contributed by atoms with van der Waals surface area (Å²) < 4.78 is 27.6. The average Bonchev–Trinajstić information content (AvgIpc) is 3.06. The van der Waals surface area contributed by atoms with E-state index in [9.17, 15) is 9.59 Å². The summed E-state index contributed by atoms with van der Waals surface area (Å²) in [4.78, 5) is 23.4. The topological polar surface area (TPSA) is 80.3 Å². The van der Waals surface area contributed by atoms with Gasteiger partial charge in [0.2, 0.25) is 0 Å². The van der Waals surface area contributed by atoms with Crippen molar-refractivity contribution in [1.29, 1.82) is 0 Å². The highest BCUT2D eigenvalue weighted by atomic mass is 16.6. The zero-order chi connectivity index (χ0) is 31.7. The molecule has 0 saturated heterocycles. The third-order valence-corrected chi connectivity index (χ3v) is 7.77. The van der Waals surface area contributed by atoms with E-state index < -0.39 is 0 Å². The first kappa shape index (κ1) is 37.1. The Hall–Kier alpha value is -3.06. The van der Waals surface area contributed by atoms with Crippen molar-refractivity contribution in [3.63, 3.8) is 0 Å². The lowest BCUT2D eigenvalue weighted by Gasteiger charge is -2.19. The van der Waals surface area contributed by atoms with Gasteiger partial charge in [0, 0.05) is 6.61 Å². The van der Waals surface area contributed by atoms with E-state index in [2.05, 4.69) is 6.92 Å². The average molecular weight is 613 g/mol. The van der Waals surface area contributed by atoms with Crippen LogP contribution in [0.15, 0.2) is 48.5 Å². The first-order chi connectivity index (χ1) is 21.6. The summed E-state index contributed by atoms with van der Waals surface area (Å²) in [6.07, 6.45) is 21.0. The van der Waals surface area contributed by atoms with Crippen LogP contribution in [0.2, 0.25) is 0 Å². The van der Waals surface area contributed by atoms with Crippen LogP contribution in [0.25, 0.3) is 0 Å². The molecule has 2 aromatic rings. The standard InChI is InChI=1S/C37H56O7/c1-4-5-6-7-8-9-10-11-12-13-14-15-16-17-18-19-28-42-35(29-43-33-24-20-31(21-25-33)36(38)40-2)30-44-34-26-22-32(23-27-34)37(39)41-3/h20-27,35H,4-19,28-30H2,1-3H3. The number of rotatable bonds is 26. The Kier molecular flexibility index (Phi) is 20.5. The van der Waals surface area contributed by atoms with Crippen molar-refractivity contribution in [2.24, 2.45) is 0 Å². The largest absolute Gasteiger partial charge is 0.491 e. The summed E-state index contributed by atoms with van der Waals surface area (Å²) in [5.41, 5.74) is 0.935. The number of benzene rings is 2. The summed E-state index contributed by atoms with van der Waals surface area (Å²) in [6, 6.07) is 13.7. The highest BCUT2D eigenvalue weighted by molar-refractivity contribution is 5.89. The fourth-order valence-electron chi connectivity index (χ4n) is 5.03. The first-order valence-electron chi connectivity index (χ1n) is 16.8. The van der Waals surface area contributed by atoms with Crippen molar-refractivity contribution in [3.8, 4) is 11.5 Å². The molecule has 0 N–H and O–H groups in total. The number of hydrogen-bond acceptors (Lipinski definition) is 7. The van der Waals surface area contributed by atoms with Gasteiger partial charge in [-0.15, -0.1) is 0 Å². The molecule has 0 aromatic heterocycles. The monoisotopic (exact) mass is 612 g/mol. The lowest BCUT2D eigenvalue weighted by Crippen LogP contribution is -2.29. The van der Waals surface area contributed by atoms with Gasteiger partial charge in [-0.2, -0.15) is 0 Å². The van der Waals surface area contributed by atoms with Gasteiger partial charge in [0.1, 0.15) is 30.8 Å². The third-order valence-electron chi connectivity index (χ3n) is 7.77. The smallest absolute Gasteiger partial charge is 0.337 e. The summed E-state index contributed by atoms with van der Waals surface area (Å²) in [6.45, 7) is 3.52. The molecule has 0 aliphatic heterocycles. The Labute approximate surface area is 266 Å². The molecule has 0 fully saturated rings. The molecule has 0 saturated carbocycles. The van der Waals surface area contributed by atoms with E-state index in [1.807, 2.05) is 0 Å². The van der Waals surface area contributed by atoms with E-state index in [4.69, 9.17) is 23.7 Å². The quantitative estimate of drug-likeness (QED) is 0.0773. The molecule has 0 unspecified atom stereocenters. The SMILES string of the molecule is CCCCCCCCCCCCCCCCCCOC(COc1ccc(C(=O)OC)cc1)COc1ccc(C(=O)OC)cc1. The summed E-state index contributed by atoms with van der Waals surface area (Å²) in [7, 11) is 2.72. The second kappa shape index (κ2) is 24.3. The molecule has 0 aliphatic rings. The summed E-state index contributed by atoms with van der Waals surface area (Å²) >= 11 is 0. The summed E-state index contributed by atoms with van der Waals surface area (Å²) in [5, 5.41) is 0. The number of esters is 2. The van der Waals surface area contributed by atoms with Gasteiger partial charge >= 0.3 is 11.9 Å². The molecule has 44 heavy (non-hydrogen) atoms. The van der Waals surface area contributed by atoms with Gasteiger partial charge in [-0.3, -0.25) is 0 Å². The zero-order valence-corrected chi connectivity index (χ0v) is 27.5. The van der Waals surface area contributed by atoms with Gasteiger partial charge < -0.3 is 23.7 Å². The van der Waals surface area contributed by atoms with Crippen molar-refractivity contribution in [2.75, 3.05) is 34.0 Å². The zero-order valence-electron chi connectivity index (χ0n) is 27.5. The van der Waals surface area contributed by atoms with E-state index in [0.717, 1.165) is 12.8 Å². The lowest BCUT2D eigenvalue weighted by molar-refractivity contribution is -0.00881. The predicted molar refractivity (Wildman–Crippen MR) is 176 cm³/mol. The van der Waals surface area contributed by atoms with Crippen molar-refractivity contribution in [1.82, 2.24) is 0 Å². The van der Waals surface area contributed by atoms with E-state index in [1.165, 1.54) is 104 Å². The maximum atomic E-state index is 11.7. The molecule has 0 bridgehead atoms. The van der Waals surface area contributed by atoms with Gasteiger partial charge in [0.15, 0.2) is 0 Å². The molecular weight excluding hydrogens is 556 g/mol. The molecule has 0 amide bonds. The Morgan fingerprint density at radius 1 is 0.523 bits per heavy atom. The normalized spacial score (nSPS) is 11.0. The van der Waals surface area contributed by atoms with E-state index in [-0.39, 0.29) is 18.0 Å². The van der Waals surface area contributed by atoms with Crippen LogP contribution in [-0.4, -0.2) is 52.1 Å². The number of carbonyl (C=O) groups is 2. The highest BCUT2D eigenvalue weighted by Gasteiger charge is 2.14. The third kappa shape index (κ3) is 16.7. The second-order valence-corrected chi connectivity index (χ2v) is 11.5. The lowest BCUT2D eigenvalue weighted by atomic mass is 10.0. The molecule has 7 heteroatoms. The van der Waals surface area contributed by atoms with Crippen LogP contribution >= 0.6 is 0 Å². The van der Waals surface area contributed by atoms with Gasteiger partial charge in [0.05, 0.1) is 25.3 Å². The molecule has 246 valence electrons. The van der Waals surface area contributed by atoms with E-state index in [1.54, 1.807) is 48.5 Å². The Balaban J connectivity index is 1.64. The Morgan fingerprint density at radius 2 is 0.864 bits per heavy atom. The number of carbonyl (C=O) groups excluding carboxylic acids is 2. The van der Waals surface area contributed by atoms with Crippen molar-refractivity contribution >= 4 is 11.9 Å². The minimum Gasteiger partial charge on any atom is -0.491 e. The summed E-state index contributed by atoms with van der Waals surface area (Å²) in [5.74, 6) is 0.499. The first-order valence-corrected chi connectivity index (χ1v) is 16.8. The van der Waals surface area contributed by atoms with Gasteiger partial charge in [-0.1, -0.05) is 103 Å². The van der Waals surface area contributed by atoms with Crippen LogP contribution < -0.4 is 9.47 Å². The van der Waals surface area contributed by atoms with E-state index >= 15 is 0 Å². The van der Waals surface area contributed by atoms with Crippen LogP contribution in [0, 0.1) is 0 Å². The van der Waals surface area contributed by atoms with Gasteiger partial charge in [-0.25, -0.2) is 9.59 Å². The van der Waals surface area contributed by atoms with Crippen molar-refractivity contribution < 1.29 is 33.3 Å². The maximum absolute atomic E-state index is 11.7. The van der Waals surface area contributed by atoms with E-state index in [0.29, 0.717) is 42.4 Å². The number of ether oxygens (including phenoxy) is 5. The number of unbranched alkanes of at least 4 members (excludes halogenated alkanes) is 15. The van der Waals surface area contributed by atoms with Crippen molar-refractivity contribution in [3.05, 3.63) is 59.7 Å². The molecule has 0 spiro atoms. The predicted octanol–water partition coefficient (Wildman–Crippen LogP) is 9.36. The molecule has 2 aromatic carbocycles. The molecule has 0 atom stereocenters. The molecule has 2 rings (SSSR count). The fraction of sp³-hybridized carbons (Fsp3) is 0.622. The fourth-order valence-corrected chi connectivity index (χ4v) is 5.03. The van der Waals surface area contributed by atoms with Gasteiger partial charge in [0.25, 0.3) is 0 Å². The number of methoxy groups -OCH3 is 2.